The van der Waals surface area contributed by atoms with Crippen LogP contribution in [0.2, 0.25) is 0 Å². The molecule has 0 saturated carbocycles. The predicted octanol–water partition coefficient (Wildman–Crippen LogP) is 1.88. The van der Waals surface area contributed by atoms with Crippen molar-refractivity contribution in [1.82, 2.24) is 4.98 Å². The maximum Gasteiger partial charge on any atom is 0.343 e. The molecule has 4 heteroatoms. The van der Waals surface area contributed by atoms with Crippen LogP contribution in [0.25, 0.3) is 10.9 Å². The topological polar surface area (TPSA) is 59.2 Å². The fraction of sp³-hybridized carbons (Fsp3) is 0.231. The molecule has 1 aromatic carbocycles. The van der Waals surface area contributed by atoms with Crippen molar-refractivity contribution in [3.63, 3.8) is 0 Å². The molecule has 17 heavy (non-hydrogen) atoms. The summed E-state index contributed by atoms with van der Waals surface area (Å²) in [6, 6.07) is 7.42. The number of nitrogens with one attached hydrogen (secondary N) is 1. The summed E-state index contributed by atoms with van der Waals surface area (Å²) in [7, 11) is 1.27. The summed E-state index contributed by atoms with van der Waals surface area (Å²) in [6.07, 6.45) is 0.606. The zero-order valence-electron chi connectivity index (χ0n) is 9.74. The van der Waals surface area contributed by atoms with Gasteiger partial charge in [0.2, 0.25) is 0 Å². The van der Waals surface area contributed by atoms with Crippen molar-refractivity contribution in [3.05, 3.63) is 45.7 Å². The molecule has 0 spiro atoms. The molecule has 2 aromatic rings. The number of hydrogen-bond acceptors (Lipinski definition) is 3. The Morgan fingerprint density at radius 3 is 2.71 bits per heavy atom. The number of methoxy groups -OCH3 is 1. The van der Waals surface area contributed by atoms with E-state index in [9.17, 15) is 9.59 Å². The molecule has 0 amide bonds. The Balaban J connectivity index is 2.88. The molecule has 0 radical (unpaired) electrons. The van der Waals surface area contributed by atoms with E-state index in [-0.39, 0.29) is 5.56 Å². The molecule has 1 aromatic heterocycles. The number of aryl methyl sites for hydroxylation is 1. The SMILES string of the molecule is CCc1c(C(=O)OC)c(=O)[nH]c2ccccc12. The molecule has 0 saturated heterocycles. The molecular weight excluding hydrogens is 218 g/mol. The second kappa shape index (κ2) is 4.41. The Bertz CT molecular complexity index is 628. The summed E-state index contributed by atoms with van der Waals surface area (Å²) < 4.78 is 4.65. The number of aromatic amines is 1. The van der Waals surface area contributed by atoms with Gasteiger partial charge in [-0.1, -0.05) is 25.1 Å². The minimum atomic E-state index is -0.589. The molecule has 1 N–H and O–H groups in total. The number of fused-ring (bicyclic) bond motifs is 1. The molecule has 0 unspecified atom stereocenters. The highest BCUT2D eigenvalue weighted by atomic mass is 16.5. The molecule has 4 nitrogen and oxygen atoms in total. The molecule has 1 heterocycles. The summed E-state index contributed by atoms with van der Waals surface area (Å²) in [5, 5.41) is 0.884. The van der Waals surface area contributed by atoms with Crippen molar-refractivity contribution in [2.45, 2.75) is 13.3 Å². The normalized spacial score (nSPS) is 10.5. The van der Waals surface area contributed by atoms with E-state index in [1.165, 1.54) is 7.11 Å². The number of hydrogen-bond donors (Lipinski definition) is 1. The maximum atomic E-state index is 11.9. The van der Waals surface area contributed by atoms with Gasteiger partial charge in [0, 0.05) is 10.9 Å². The molecular formula is C13H13NO3. The van der Waals surface area contributed by atoms with E-state index in [4.69, 9.17) is 0 Å². The Morgan fingerprint density at radius 2 is 2.06 bits per heavy atom. The third kappa shape index (κ3) is 1.82. The van der Waals surface area contributed by atoms with Crippen molar-refractivity contribution >= 4 is 16.9 Å². The highest BCUT2D eigenvalue weighted by Crippen LogP contribution is 2.19. The largest absolute Gasteiger partial charge is 0.465 e. The number of esters is 1. The van der Waals surface area contributed by atoms with Gasteiger partial charge in [-0.3, -0.25) is 4.79 Å². The van der Waals surface area contributed by atoms with Crippen LogP contribution in [0.3, 0.4) is 0 Å². The van der Waals surface area contributed by atoms with Crippen LogP contribution in [-0.4, -0.2) is 18.1 Å². The highest BCUT2D eigenvalue weighted by molar-refractivity contribution is 5.96. The van der Waals surface area contributed by atoms with Crippen LogP contribution in [-0.2, 0) is 11.2 Å². The van der Waals surface area contributed by atoms with Crippen LogP contribution in [0.1, 0.15) is 22.8 Å². The Morgan fingerprint density at radius 1 is 1.35 bits per heavy atom. The molecule has 0 aliphatic rings. The first kappa shape index (κ1) is 11.4. The maximum absolute atomic E-state index is 11.9. The van der Waals surface area contributed by atoms with Gasteiger partial charge >= 0.3 is 5.97 Å². The number of aromatic nitrogens is 1. The van der Waals surface area contributed by atoms with Crippen LogP contribution < -0.4 is 5.56 Å². The lowest BCUT2D eigenvalue weighted by Gasteiger charge is -2.08. The van der Waals surface area contributed by atoms with Gasteiger partial charge in [0.1, 0.15) is 5.56 Å². The first-order chi connectivity index (χ1) is 8.19. The molecule has 0 aliphatic carbocycles. The van der Waals surface area contributed by atoms with E-state index in [1.54, 1.807) is 0 Å². The number of carbonyl (C=O) groups excluding carboxylic acids is 1. The van der Waals surface area contributed by atoms with Gasteiger partial charge in [-0.05, 0) is 18.1 Å². The highest BCUT2D eigenvalue weighted by Gasteiger charge is 2.18. The number of rotatable bonds is 2. The van der Waals surface area contributed by atoms with Crippen molar-refractivity contribution in [3.8, 4) is 0 Å². The van der Waals surface area contributed by atoms with Crippen LogP contribution in [0.5, 0.6) is 0 Å². The van der Waals surface area contributed by atoms with Crippen LogP contribution in [0.15, 0.2) is 29.1 Å². The molecule has 2 rings (SSSR count). The van der Waals surface area contributed by atoms with Gasteiger partial charge < -0.3 is 9.72 Å². The summed E-state index contributed by atoms with van der Waals surface area (Å²) in [6.45, 7) is 1.91. The van der Waals surface area contributed by atoms with Gasteiger partial charge in [0.15, 0.2) is 0 Å². The van der Waals surface area contributed by atoms with Crippen LogP contribution in [0.4, 0.5) is 0 Å². The molecule has 0 aliphatic heterocycles. The molecule has 0 atom stereocenters. The van der Waals surface area contributed by atoms with E-state index >= 15 is 0 Å². The molecule has 0 bridgehead atoms. The standard InChI is InChI=1S/C13H13NO3/c1-3-8-9-6-4-5-7-10(9)14-12(15)11(8)13(16)17-2/h4-7H,3H2,1-2H3,(H,14,15). The third-order valence-electron chi connectivity index (χ3n) is 2.77. The van der Waals surface area contributed by atoms with Crippen LogP contribution >= 0.6 is 0 Å². The Labute approximate surface area is 98.2 Å². The summed E-state index contributed by atoms with van der Waals surface area (Å²) in [5.74, 6) is -0.589. The van der Waals surface area contributed by atoms with Crippen molar-refractivity contribution in [1.29, 1.82) is 0 Å². The first-order valence-corrected chi connectivity index (χ1v) is 5.41. The average Bonchev–Trinajstić information content (AvgIpc) is 2.36. The first-order valence-electron chi connectivity index (χ1n) is 5.41. The van der Waals surface area contributed by atoms with E-state index in [1.807, 2.05) is 31.2 Å². The number of pyridine rings is 1. The van der Waals surface area contributed by atoms with Crippen molar-refractivity contribution < 1.29 is 9.53 Å². The summed E-state index contributed by atoms with van der Waals surface area (Å²) >= 11 is 0. The van der Waals surface area contributed by atoms with Gasteiger partial charge in [-0.2, -0.15) is 0 Å². The predicted molar refractivity (Wildman–Crippen MR) is 65.3 cm³/mol. The molecule has 88 valence electrons. The minimum Gasteiger partial charge on any atom is -0.465 e. The summed E-state index contributed by atoms with van der Waals surface area (Å²) in [4.78, 5) is 26.2. The summed E-state index contributed by atoms with van der Waals surface area (Å²) in [5.41, 5.74) is 1.18. The lowest BCUT2D eigenvalue weighted by Crippen LogP contribution is -2.21. The fourth-order valence-corrected chi connectivity index (χ4v) is 2.00. The van der Waals surface area contributed by atoms with Crippen molar-refractivity contribution in [2.75, 3.05) is 7.11 Å². The number of para-hydroxylation sites is 1. The molecule has 0 fully saturated rings. The second-order valence-corrected chi connectivity index (χ2v) is 3.70. The van der Waals surface area contributed by atoms with Gasteiger partial charge in [-0.15, -0.1) is 0 Å². The van der Waals surface area contributed by atoms with E-state index < -0.39 is 11.5 Å². The quantitative estimate of drug-likeness (QED) is 0.803. The Kier molecular flexibility index (Phi) is 2.95. The van der Waals surface area contributed by atoms with Gasteiger partial charge in [0.05, 0.1) is 7.11 Å². The Hall–Kier alpha value is -2.10. The fourth-order valence-electron chi connectivity index (χ4n) is 2.00. The smallest absolute Gasteiger partial charge is 0.343 e. The lowest BCUT2D eigenvalue weighted by atomic mass is 10.0. The lowest BCUT2D eigenvalue weighted by molar-refractivity contribution is 0.0597. The third-order valence-corrected chi connectivity index (χ3v) is 2.77. The minimum absolute atomic E-state index is 0.105. The zero-order valence-corrected chi connectivity index (χ0v) is 9.74. The number of benzene rings is 1. The monoisotopic (exact) mass is 231 g/mol. The van der Waals surface area contributed by atoms with E-state index in [0.717, 1.165) is 16.5 Å². The average molecular weight is 231 g/mol. The van der Waals surface area contributed by atoms with Gasteiger partial charge in [0.25, 0.3) is 5.56 Å². The number of H-pyrrole nitrogens is 1. The van der Waals surface area contributed by atoms with E-state index in [0.29, 0.717) is 6.42 Å². The number of carbonyl (C=O) groups is 1. The second-order valence-electron chi connectivity index (χ2n) is 3.70. The zero-order chi connectivity index (χ0) is 12.4. The van der Waals surface area contributed by atoms with Crippen molar-refractivity contribution in [2.24, 2.45) is 0 Å². The van der Waals surface area contributed by atoms with Crippen LogP contribution in [0, 0.1) is 0 Å². The van der Waals surface area contributed by atoms with Gasteiger partial charge in [-0.25, -0.2) is 4.79 Å². The van der Waals surface area contributed by atoms with E-state index in [2.05, 4.69) is 9.72 Å². The number of ether oxygens (including phenoxy) is 1.